The molecular weight excluding hydrogens is 198 g/mol. The first-order valence-corrected chi connectivity index (χ1v) is 4.90. The van der Waals surface area contributed by atoms with Gasteiger partial charge in [0.1, 0.15) is 0 Å². The predicted molar refractivity (Wildman–Crippen MR) is 50.6 cm³/mol. The van der Waals surface area contributed by atoms with E-state index < -0.39 is 0 Å². The topological polar surface area (TPSA) is 78.5 Å². The minimum absolute atomic E-state index is 0.0625. The molecule has 0 unspecified atom stereocenters. The molecule has 15 heavy (non-hydrogen) atoms. The number of nitrogens with zero attached hydrogens (tertiary/aromatic N) is 1. The normalized spacial score (nSPS) is 29.3. The highest BCUT2D eigenvalue weighted by molar-refractivity contribution is 6.06. The van der Waals surface area contributed by atoms with E-state index in [1.807, 2.05) is 0 Å². The SMILES string of the molecule is CNCC(=O)N1C[C@@H]2C(=O)NC(=O)[C@H]2C1. The number of hydrogen-bond donors (Lipinski definition) is 2. The summed E-state index contributed by atoms with van der Waals surface area (Å²) >= 11 is 0. The van der Waals surface area contributed by atoms with Gasteiger partial charge in [-0.1, -0.05) is 0 Å². The van der Waals surface area contributed by atoms with Crippen LogP contribution in [0.15, 0.2) is 0 Å². The number of rotatable bonds is 2. The molecule has 2 aliphatic rings. The largest absolute Gasteiger partial charge is 0.340 e. The summed E-state index contributed by atoms with van der Waals surface area (Å²) in [5, 5.41) is 5.03. The first kappa shape index (κ1) is 10.1. The Morgan fingerprint density at radius 3 is 2.40 bits per heavy atom. The first-order chi connectivity index (χ1) is 7.13. The van der Waals surface area contributed by atoms with Crippen molar-refractivity contribution in [2.45, 2.75) is 0 Å². The van der Waals surface area contributed by atoms with Crippen molar-refractivity contribution in [1.29, 1.82) is 0 Å². The monoisotopic (exact) mass is 211 g/mol. The van der Waals surface area contributed by atoms with Gasteiger partial charge in [0.2, 0.25) is 17.7 Å². The number of likely N-dealkylation sites (N-methyl/N-ethyl adjacent to an activating group) is 1. The maximum Gasteiger partial charge on any atom is 0.236 e. The molecule has 2 aliphatic heterocycles. The van der Waals surface area contributed by atoms with Crippen molar-refractivity contribution < 1.29 is 14.4 Å². The lowest BCUT2D eigenvalue weighted by Gasteiger charge is -2.16. The third kappa shape index (κ3) is 1.61. The molecule has 6 nitrogen and oxygen atoms in total. The Morgan fingerprint density at radius 2 is 1.93 bits per heavy atom. The number of hydrogen-bond acceptors (Lipinski definition) is 4. The fraction of sp³-hybridized carbons (Fsp3) is 0.667. The van der Waals surface area contributed by atoms with Crippen molar-refractivity contribution in [3.05, 3.63) is 0 Å². The maximum absolute atomic E-state index is 11.5. The van der Waals surface area contributed by atoms with Gasteiger partial charge in [-0.05, 0) is 7.05 Å². The van der Waals surface area contributed by atoms with Crippen molar-refractivity contribution in [1.82, 2.24) is 15.5 Å². The van der Waals surface area contributed by atoms with Crippen LogP contribution < -0.4 is 10.6 Å². The summed E-state index contributed by atoms with van der Waals surface area (Å²) < 4.78 is 0. The highest BCUT2D eigenvalue weighted by Crippen LogP contribution is 2.27. The number of carbonyl (C=O) groups is 3. The summed E-state index contributed by atoms with van der Waals surface area (Å²) in [6, 6.07) is 0. The molecule has 0 aromatic heterocycles. The first-order valence-electron chi connectivity index (χ1n) is 4.90. The van der Waals surface area contributed by atoms with Gasteiger partial charge in [-0.15, -0.1) is 0 Å². The fourth-order valence-electron chi connectivity index (χ4n) is 2.11. The van der Waals surface area contributed by atoms with Gasteiger partial charge in [0, 0.05) is 13.1 Å². The number of nitrogens with one attached hydrogen (secondary N) is 2. The molecule has 2 heterocycles. The number of likely N-dealkylation sites (tertiary alicyclic amines) is 1. The van der Waals surface area contributed by atoms with Crippen molar-refractivity contribution in [2.75, 3.05) is 26.7 Å². The Bertz CT molecular complexity index is 307. The van der Waals surface area contributed by atoms with Crippen LogP contribution in [0.5, 0.6) is 0 Å². The molecule has 0 spiro atoms. The Morgan fingerprint density at radius 1 is 1.40 bits per heavy atom. The van der Waals surface area contributed by atoms with Crippen LogP contribution in [0, 0.1) is 11.8 Å². The van der Waals surface area contributed by atoms with Crippen LogP contribution in [-0.2, 0) is 14.4 Å². The van der Waals surface area contributed by atoms with Gasteiger partial charge >= 0.3 is 0 Å². The molecule has 0 aromatic carbocycles. The van der Waals surface area contributed by atoms with E-state index >= 15 is 0 Å². The lowest BCUT2D eigenvalue weighted by atomic mass is 10.00. The zero-order valence-corrected chi connectivity index (χ0v) is 8.45. The molecule has 2 fully saturated rings. The zero-order valence-electron chi connectivity index (χ0n) is 8.45. The van der Waals surface area contributed by atoms with Gasteiger partial charge in [0.15, 0.2) is 0 Å². The molecule has 82 valence electrons. The van der Waals surface area contributed by atoms with Crippen LogP contribution in [0.1, 0.15) is 0 Å². The van der Waals surface area contributed by atoms with Crippen LogP contribution in [0.25, 0.3) is 0 Å². The number of imide groups is 1. The zero-order chi connectivity index (χ0) is 11.0. The minimum atomic E-state index is -0.335. The van der Waals surface area contributed by atoms with Gasteiger partial charge in [-0.2, -0.15) is 0 Å². The molecule has 2 rings (SSSR count). The highest BCUT2D eigenvalue weighted by Gasteiger charge is 2.48. The molecule has 2 atom stereocenters. The van der Waals surface area contributed by atoms with Gasteiger partial charge in [-0.25, -0.2) is 0 Å². The van der Waals surface area contributed by atoms with Crippen molar-refractivity contribution in [2.24, 2.45) is 11.8 Å². The van der Waals surface area contributed by atoms with Crippen molar-refractivity contribution in [3.8, 4) is 0 Å². The molecule has 0 aromatic rings. The summed E-state index contributed by atoms with van der Waals surface area (Å²) in [4.78, 5) is 35.7. The highest BCUT2D eigenvalue weighted by atomic mass is 16.2. The quantitative estimate of drug-likeness (QED) is 0.515. The minimum Gasteiger partial charge on any atom is -0.340 e. The Kier molecular flexibility index (Phi) is 2.44. The smallest absolute Gasteiger partial charge is 0.236 e. The van der Waals surface area contributed by atoms with Gasteiger partial charge in [0.05, 0.1) is 18.4 Å². The molecule has 0 radical (unpaired) electrons. The number of fused-ring (bicyclic) bond motifs is 1. The van der Waals surface area contributed by atoms with E-state index in [9.17, 15) is 14.4 Å². The van der Waals surface area contributed by atoms with Crippen LogP contribution in [0.2, 0.25) is 0 Å². The van der Waals surface area contributed by atoms with Gasteiger partial charge in [-0.3, -0.25) is 19.7 Å². The summed E-state index contributed by atoms with van der Waals surface area (Å²) in [7, 11) is 1.69. The Hall–Kier alpha value is -1.43. The van der Waals surface area contributed by atoms with Crippen LogP contribution in [0.3, 0.4) is 0 Å². The fourth-order valence-corrected chi connectivity index (χ4v) is 2.11. The van der Waals surface area contributed by atoms with E-state index in [1.54, 1.807) is 11.9 Å². The lowest BCUT2D eigenvalue weighted by Crippen LogP contribution is -2.39. The molecule has 6 heteroatoms. The second-order valence-electron chi connectivity index (χ2n) is 3.90. The number of carbonyl (C=O) groups excluding carboxylic acids is 3. The average Bonchev–Trinajstić information content (AvgIpc) is 2.70. The lowest BCUT2D eigenvalue weighted by molar-refractivity contribution is -0.130. The van der Waals surface area contributed by atoms with Crippen LogP contribution in [0.4, 0.5) is 0 Å². The van der Waals surface area contributed by atoms with Crippen LogP contribution >= 0.6 is 0 Å². The summed E-state index contributed by atoms with van der Waals surface area (Å²) in [6.07, 6.45) is 0. The molecule has 2 N–H and O–H groups in total. The third-order valence-electron chi connectivity index (χ3n) is 2.92. The maximum atomic E-state index is 11.5. The average molecular weight is 211 g/mol. The summed E-state index contributed by atoms with van der Waals surface area (Å²) in [5.74, 6) is -1.22. The molecular formula is C9H13N3O3. The standard InChI is InChI=1S/C9H13N3O3/c1-10-2-7(13)12-3-5-6(4-12)9(15)11-8(5)14/h5-6,10H,2-4H2,1H3,(H,11,14,15)/t5-,6-/m0/s1. The Balaban J connectivity index is 2.03. The predicted octanol–water partition coefficient (Wildman–Crippen LogP) is -2.06. The van der Waals surface area contributed by atoms with Crippen molar-refractivity contribution >= 4 is 17.7 Å². The molecule has 0 bridgehead atoms. The summed E-state index contributed by atoms with van der Waals surface area (Å²) in [5.41, 5.74) is 0. The van der Waals surface area contributed by atoms with E-state index in [4.69, 9.17) is 0 Å². The molecule has 0 saturated carbocycles. The number of amides is 3. The van der Waals surface area contributed by atoms with E-state index in [-0.39, 0.29) is 36.1 Å². The van der Waals surface area contributed by atoms with Crippen molar-refractivity contribution in [3.63, 3.8) is 0 Å². The summed E-state index contributed by atoms with van der Waals surface area (Å²) in [6.45, 7) is 0.973. The van der Waals surface area contributed by atoms with Crippen LogP contribution in [-0.4, -0.2) is 49.3 Å². The third-order valence-corrected chi connectivity index (χ3v) is 2.92. The van der Waals surface area contributed by atoms with E-state index in [1.165, 1.54) is 0 Å². The molecule has 3 amide bonds. The van der Waals surface area contributed by atoms with Gasteiger partial charge in [0.25, 0.3) is 0 Å². The second-order valence-corrected chi connectivity index (χ2v) is 3.90. The molecule has 0 aliphatic carbocycles. The van der Waals surface area contributed by atoms with E-state index in [0.717, 1.165) is 0 Å². The van der Waals surface area contributed by atoms with E-state index in [0.29, 0.717) is 13.1 Å². The molecule has 2 saturated heterocycles. The second kappa shape index (κ2) is 3.62. The van der Waals surface area contributed by atoms with Gasteiger partial charge < -0.3 is 10.2 Å². The Labute approximate surface area is 87.0 Å². The van der Waals surface area contributed by atoms with E-state index in [2.05, 4.69) is 10.6 Å².